The molecule has 0 unspecified atom stereocenters. The summed E-state index contributed by atoms with van der Waals surface area (Å²) in [5, 5.41) is 15.9. The third kappa shape index (κ3) is 3.32. The number of rotatable bonds is 4. The number of carbonyl (C=O) groups excluding carboxylic acids is 1. The fourth-order valence-corrected chi connectivity index (χ4v) is 2.57. The number of carbonyl (C=O) groups is 1. The molecule has 8 heteroatoms. The Labute approximate surface area is 126 Å². The molecular weight excluding hydrogens is 296 g/mol. The Kier molecular flexibility index (Phi) is 4.60. The van der Waals surface area contributed by atoms with Crippen molar-refractivity contribution in [2.24, 2.45) is 7.05 Å². The molecule has 22 heavy (non-hydrogen) atoms. The highest BCUT2D eigenvalue weighted by Crippen LogP contribution is 2.40. The van der Waals surface area contributed by atoms with Gasteiger partial charge in [0.05, 0.1) is 6.54 Å². The van der Waals surface area contributed by atoms with Crippen LogP contribution >= 0.6 is 0 Å². The highest BCUT2D eigenvalue weighted by atomic mass is 19.3. The molecule has 0 atom stereocenters. The summed E-state index contributed by atoms with van der Waals surface area (Å²) in [5.41, 5.74) is -2.61. The smallest absolute Gasteiger partial charge is 0.293 e. The molecule has 1 aromatic rings. The number of aliphatic hydroxyl groups is 1. The van der Waals surface area contributed by atoms with Gasteiger partial charge in [0, 0.05) is 13.1 Å². The minimum atomic E-state index is -3.41. The molecule has 1 saturated carbocycles. The van der Waals surface area contributed by atoms with E-state index in [0.29, 0.717) is 12.8 Å². The quantitative estimate of drug-likeness (QED) is 0.862. The Morgan fingerprint density at radius 3 is 2.64 bits per heavy atom. The van der Waals surface area contributed by atoms with Crippen LogP contribution in [0.4, 0.5) is 8.78 Å². The van der Waals surface area contributed by atoms with Crippen molar-refractivity contribution in [1.82, 2.24) is 15.1 Å². The topological polar surface area (TPSA) is 84.2 Å². The zero-order chi connectivity index (χ0) is 16.4. The van der Waals surface area contributed by atoms with Crippen molar-refractivity contribution in [1.29, 1.82) is 0 Å². The van der Waals surface area contributed by atoms with Crippen LogP contribution in [-0.4, -0.2) is 38.9 Å². The third-order valence-electron chi connectivity index (χ3n) is 4.03. The van der Waals surface area contributed by atoms with Gasteiger partial charge < -0.3 is 10.4 Å². The van der Waals surface area contributed by atoms with Crippen LogP contribution in [0.1, 0.15) is 42.6 Å². The third-order valence-corrected chi connectivity index (χ3v) is 4.03. The minimum Gasteiger partial charge on any atom is -0.384 e. The summed E-state index contributed by atoms with van der Waals surface area (Å²) in [7, 11) is 1.36. The summed E-state index contributed by atoms with van der Waals surface area (Å²) in [6.45, 7) is -0.965. The Morgan fingerprint density at radius 1 is 1.41 bits per heavy atom. The molecular formula is C14H19F2N3O3. The second-order valence-electron chi connectivity index (χ2n) is 5.66. The number of halogens is 2. The predicted molar refractivity (Wildman–Crippen MR) is 74.8 cm³/mol. The van der Waals surface area contributed by atoms with Gasteiger partial charge in [0.2, 0.25) is 0 Å². The first kappa shape index (κ1) is 16.5. The maximum atomic E-state index is 14.2. The molecule has 1 amide bonds. The summed E-state index contributed by atoms with van der Waals surface area (Å²) in [6.07, 6.45) is 1.96. The van der Waals surface area contributed by atoms with E-state index < -0.39 is 29.5 Å². The normalized spacial score (nSPS) is 18.0. The molecule has 122 valence electrons. The van der Waals surface area contributed by atoms with E-state index in [2.05, 4.69) is 10.4 Å². The summed E-state index contributed by atoms with van der Waals surface area (Å²) in [4.78, 5) is 23.0. The first-order valence-corrected chi connectivity index (χ1v) is 7.18. The summed E-state index contributed by atoms with van der Waals surface area (Å²) in [5.74, 6) is -4.22. The highest BCUT2D eigenvalue weighted by molar-refractivity contribution is 5.92. The van der Waals surface area contributed by atoms with Crippen molar-refractivity contribution in [3.8, 4) is 0 Å². The van der Waals surface area contributed by atoms with Gasteiger partial charge in [-0.1, -0.05) is 19.3 Å². The molecule has 2 N–H and O–H groups in total. The van der Waals surface area contributed by atoms with Gasteiger partial charge in [0.15, 0.2) is 0 Å². The van der Waals surface area contributed by atoms with E-state index in [9.17, 15) is 23.5 Å². The van der Waals surface area contributed by atoms with E-state index in [1.807, 2.05) is 0 Å². The Hall–Kier alpha value is -1.83. The Bertz CT molecular complexity index is 610. The average molecular weight is 315 g/mol. The van der Waals surface area contributed by atoms with Crippen LogP contribution in [0, 0.1) is 0 Å². The zero-order valence-corrected chi connectivity index (χ0v) is 12.3. The predicted octanol–water partition coefficient (Wildman–Crippen LogP) is 0.841. The van der Waals surface area contributed by atoms with Crippen molar-refractivity contribution in [2.75, 3.05) is 6.54 Å². The fourth-order valence-electron chi connectivity index (χ4n) is 2.57. The van der Waals surface area contributed by atoms with Gasteiger partial charge >= 0.3 is 0 Å². The second kappa shape index (κ2) is 6.12. The number of nitrogens with one attached hydrogen (secondary N) is 1. The molecule has 1 aliphatic rings. The minimum absolute atomic E-state index is 0.0218. The molecule has 1 heterocycles. The number of aryl methyl sites for hydroxylation is 1. The molecule has 0 aromatic carbocycles. The molecule has 0 radical (unpaired) electrons. The maximum Gasteiger partial charge on any atom is 0.293 e. The van der Waals surface area contributed by atoms with Crippen LogP contribution < -0.4 is 10.9 Å². The van der Waals surface area contributed by atoms with E-state index in [4.69, 9.17) is 0 Å². The van der Waals surface area contributed by atoms with Crippen LogP contribution in [0.2, 0.25) is 0 Å². The number of nitrogens with zero attached hydrogens (tertiary/aromatic N) is 2. The van der Waals surface area contributed by atoms with Crippen molar-refractivity contribution < 1.29 is 18.7 Å². The Balaban J connectivity index is 2.03. The summed E-state index contributed by atoms with van der Waals surface area (Å²) < 4.78 is 29.3. The van der Waals surface area contributed by atoms with Crippen LogP contribution in [-0.2, 0) is 7.05 Å². The molecule has 1 aliphatic carbocycles. The van der Waals surface area contributed by atoms with E-state index >= 15 is 0 Å². The van der Waals surface area contributed by atoms with Gasteiger partial charge in [-0.25, -0.2) is 13.5 Å². The molecule has 6 nitrogen and oxygen atoms in total. The van der Waals surface area contributed by atoms with Gasteiger partial charge in [-0.2, -0.15) is 5.10 Å². The molecule has 0 spiro atoms. The first-order chi connectivity index (χ1) is 10.3. The molecule has 1 fully saturated rings. The van der Waals surface area contributed by atoms with Crippen LogP contribution in [0.15, 0.2) is 16.9 Å². The van der Waals surface area contributed by atoms with Gasteiger partial charge in [0.1, 0.15) is 11.3 Å². The summed E-state index contributed by atoms with van der Waals surface area (Å²) in [6, 6.07) is 2.31. The highest BCUT2D eigenvalue weighted by Gasteiger charge is 2.52. The lowest BCUT2D eigenvalue weighted by Gasteiger charge is -2.38. The molecule has 0 bridgehead atoms. The number of hydrogen-bond donors (Lipinski definition) is 2. The molecule has 0 saturated heterocycles. The average Bonchev–Trinajstić information content (AvgIpc) is 2.48. The first-order valence-electron chi connectivity index (χ1n) is 7.18. The molecule has 0 aliphatic heterocycles. The van der Waals surface area contributed by atoms with Gasteiger partial charge in [-0.15, -0.1) is 0 Å². The number of aromatic nitrogens is 2. The second-order valence-corrected chi connectivity index (χ2v) is 5.66. The van der Waals surface area contributed by atoms with Gasteiger partial charge in [0.25, 0.3) is 17.4 Å². The van der Waals surface area contributed by atoms with Crippen molar-refractivity contribution in [2.45, 2.75) is 43.6 Å². The largest absolute Gasteiger partial charge is 0.384 e. The lowest BCUT2D eigenvalue weighted by Crippen LogP contribution is -2.55. The van der Waals surface area contributed by atoms with E-state index in [0.717, 1.165) is 17.2 Å². The van der Waals surface area contributed by atoms with Crippen LogP contribution in [0.5, 0.6) is 0 Å². The van der Waals surface area contributed by atoms with Crippen LogP contribution in [0.3, 0.4) is 0 Å². The standard InChI is InChI=1S/C14H19F2N3O3/c1-19-11(20)6-5-10(18-19)12(21)17-9-14(15,16)13(22)7-3-2-4-8-13/h5-6,22H,2-4,7-9H2,1H3,(H,17,21). The SMILES string of the molecule is Cn1nc(C(=O)NCC(F)(F)C2(O)CCCCC2)ccc1=O. The lowest BCUT2D eigenvalue weighted by molar-refractivity contribution is -0.191. The number of hydrogen-bond acceptors (Lipinski definition) is 4. The van der Waals surface area contributed by atoms with Gasteiger partial charge in [-0.3, -0.25) is 9.59 Å². The lowest BCUT2D eigenvalue weighted by atomic mass is 9.80. The zero-order valence-electron chi connectivity index (χ0n) is 12.3. The van der Waals surface area contributed by atoms with E-state index in [1.165, 1.54) is 13.1 Å². The number of amides is 1. The number of alkyl halides is 2. The van der Waals surface area contributed by atoms with E-state index in [1.54, 1.807) is 0 Å². The monoisotopic (exact) mass is 315 g/mol. The van der Waals surface area contributed by atoms with Crippen molar-refractivity contribution in [3.05, 3.63) is 28.2 Å². The fraction of sp³-hybridized carbons (Fsp3) is 0.643. The van der Waals surface area contributed by atoms with E-state index in [-0.39, 0.29) is 18.5 Å². The van der Waals surface area contributed by atoms with Crippen molar-refractivity contribution in [3.63, 3.8) is 0 Å². The Morgan fingerprint density at radius 2 is 2.05 bits per heavy atom. The summed E-state index contributed by atoms with van der Waals surface area (Å²) >= 11 is 0. The molecule has 1 aromatic heterocycles. The molecule has 2 rings (SSSR count). The van der Waals surface area contributed by atoms with Crippen LogP contribution in [0.25, 0.3) is 0 Å². The van der Waals surface area contributed by atoms with Gasteiger partial charge in [-0.05, 0) is 18.9 Å². The maximum absolute atomic E-state index is 14.2. The van der Waals surface area contributed by atoms with Crippen molar-refractivity contribution >= 4 is 5.91 Å².